The number of nitrogens with one attached hydrogen (secondary N) is 1. The second-order valence-corrected chi connectivity index (χ2v) is 5.23. The lowest BCUT2D eigenvalue weighted by Crippen LogP contribution is -2.34. The minimum absolute atomic E-state index is 0.720. The van der Waals surface area contributed by atoms with Crippen LogP contribution in [0.5, 0.6) is 0 Å². The first kappa shape index (κ1) is 16.7. The quantitative estimate of drug-likeness (QED) is 0.554. The van der Waals surface area contributed by atoms with Crippen LogP contribution in [0.4, 0.5) is 11.6 Å². The van der Waals surface area contributed by atoms with Gasteiger partial charge >= 0.3 is 0 Å². The Morgan fingerprint density at radius 3 is 2.30 bits per heavy atom. The second-order valence-electron chi connectivity index (χ2n) is 5.23. The van der Waals surface area contributed by atoms with E-state index in [1.807, 2.05) is 6.92 Å². The molecule has 0 bridgehead atoms. The Morgan fingerprint density at radius 2 is 1.80 bits per heavy atom. The SMILES string of the molecule is CCCN(CCN(C)C)c1nc(CC)nc(NN)c1C. The van der Waals surface area contributed by atoms with E-state index in [-0.39, 0.29) is 0 Å². The molecule has 0 saturated carbocycles. The molecule has 0 saturated heterocycles. The molecule has 3 N–H and O–H groups in total. The van der Waals surface area contributed by atoms with Gasteiger partial charge in [-0.2, -0.15) is 0 Å². The van der Waals surface area contributed by atoms with Crippen LogP contribution in [0.2, 0.25) is 0 Å². The van der Waals surface area contributed by atoms with E-state index in [9.17, 15) is 0 Å². The van der Waals surface area contributed by atoms with E-state index >= 15 is 0 Å². The molecular formula is C14H28N6. The van der Waals surface area contributed by atoms with E-state index in [1.165, 1.54) is 0 Å². The van der Waals surface area contributed by atoms with Gasteiger partial charge in [-0.15, -0.1) is 0 Å². The molecule has 0 aliphatic carbocycles. The number of nitrogen functional groups attached to an aromatic ring is 1. The number of rotatable bonds is 8. The highest BCUT2D eigenvalue weighted by Crippen LogP contribution is 2.23. The Kier molecular flexibility index (Phi) is 6.67. The number of nitrogens with zero attached hydrogens (tertiary/aromatic N) is 4. The molecule has 1 rings (SSSR count). The van der Waals surface area contributed by atoms with Crippen molar-refractivity contribution in [1.29, 1.82) is 0 Å². The fraction of sp³-hybridized carbons (Fsp3) is 0.714. The molecule has 1 aromatic rings. The smallest absolute Gasteiger partial charge is 0.148 e. The van der Waals surface area contributed by atoms with Gasteiger partial charge in [0, 0.05) is 31.6 Å². The molecule has 6 heteroatoms. The highest BCUT2D eigenvalue weighted by molar-refractivity contribution is 5.58. The zero-order valence-electron chi connectivity index (χ0n) is 13.4. The first-order valence-corrected chi connectivity index (χ1v) is 7.27. The maximum atomic E-state index is 5.57. The monoisotopic (exact) mass is 280 g/mol. The molecule has 1 heterocycles. The van der Waals surface area contributed by atoms with Crippen LogP contribution in [-0.2, 0) is 6.42 Å². The number of hydrogen-bond donors (Lipinski definition) is 2. The summed E-state index contributed by atoms with van der Waals surface area (Å²) in [6.07, 6.45) is 1.89. The molecule has 0 aliphatic heterocycles. The van der Waals surface area contributed by atoms with Crippen LogP contribution < -0.4 is 16.2 Å². The van der Waals surface area contributed by atoms with Crippen molar-refractivity contribution in [2.75, 3.05) is 44.1 Å². The standard InChI is InChI=1S/C14H28N6/c1-6-8-20(10-9-19(4)5)14-11(3)13(18-15)16-12(7-2)17-14/h6-10,15H2,1-5H3,(H,16,17,18). The molecule has 0 radical (unpaired) electrons. The van der Waals surface area contributed by atoms with Gasteiger partial charge in [0.2, 0.25) is 0 Å². The van der Waals surface area contributed by atoms with E-state index in [1.54, 1.807) is 0 Å². The van der Waals surface area contributed by atoms with Crippen molar-refractivity contribution in [1.82, 2.24) is 14.9 Å². The lowest BCUT2D eigenvalue weighted by atomic mass is 10.2. The molecule has 114 valence electrons. The fourth-order valence-electron chi connectivity index (χ4n) is 2.07. The van der Waals surface area contributed by atoms with Gasteiger partial charge in [0.15, 0.2) is 0 Å². The number of hydrazine groups is 1. The van der Waals surface area contributed by atoms with E-state index in [0.29, 0.717) is 0 Å². The fourth-order valence-corrected chi connectivity index (χ4v) is 2.07. The van der Waals surface area contributed by atoms with Crippen molar-refractivity contribution >= 4 is 11.6 Å². The Labute approximate surface area is 122 Å². The third kappa shape index (κ3) is 4.31. The van der Waals surface area contributed by atoms with Gasteiger partial charge in [-0.1, -0.05) is 13.8 Å². The maximum Gasteiger partial charge on any atom is 0.148 e. The number of aromatic nitrogens is 2. The van der Waals surface area contributed by atoms with Crippen LogP contribution in [0.15, 0.2) is 0 Å². The van der Waals surface area contributed by atoms with E-state index in [4.69, 9.17) is 10.8 Å². The van der Waals surface area contributed by atoms with Crippen LogP contribution in [0.25, 0.3) is 0 Å². The zero-order chi connectivity index (χ0) is 15.1. The molecule has 0 spiro atoms. The first-order valence-electron chi connectivity index (χ1n) is 7.27. The van der Waals surface area contributed by atoms with Gasteiger partial charge in [0.05, 0.1) is 0 Å². The number of aryl methyl sites for hydroxylation is 1. The summed E-state index contributed by atoms with van der Waals surface area (Å²) in [6.45, 7) is 9.18. The summed E-state index contributed by atoms with van der Waals surface area (Å²) in [5.74, 6) is 8.11. The molecule has 0 fully saturated rings. The molecule has 0 unspecified atom stereocenters. The molecule has 0 atom stereocenters. The lowest BCUT2D eigenvalue weighted by molar-refractivity contribution is 0.412. The first-order chi connectivity index (χ1) is 9.53. The van der Waals surface area contributed by atoms with Crippen LogP contribution in [0.3, 0.4) is 0 Å². The summed E-state index contributed by atoms with van der Waals surface area (Å²) in [7, 11) is 4.17. The van der Waals surface area contributed by atoms with Crippen molar-refractivity contribution in [2.24, 2.45) is 5.84 Å². The molecule has 0 aromatic carbocycles. The predicted molar refractivity (Wildman–Crippen MR) is 85.0 cm³/mol. The molecule has 20 heavy (non-hydrogen) atoms. The topological polar surface area (TPSA) is 70.3 Å². The molecular weight excluding hydrogens is 252 g/mol. The van der Waals surface area contributed by atoms with Crippen LogP contribution in [0.1, 0.15) is 31.7 Å². The summed E-state index contributed by atoms with van der Waals surface area (Å²) in [4.78, 5) is 13.6. The van der Waals surface area contributed by atoms with Crippen LogP contribution in [0, 0.1) is 6.92 Å². The maximum absolute atomic E-state index is 5.57. The van der Waals surface area contributed by atoms with Crippen molar-refractivity contribution in [3.8, 4) is 0 Å². The Hall–Kier alpha value is -1.40. The number of hydrogen-bond acceptors (Lipinski definition) is 6. The largest absolute Gasteiger partial charge is 0.355 e. The molecule has 0 aliphatic rings. The average Bonchev–Trinajstić information content (AvgIpc) is 2.43. The average molecular weight is 280 g/mol. The molecule has 6 nitrogen and oxygen atoms in total. The Balaban J connectivity index is 3.10. The van der Waals surface area contributed by atoms with Gasteiger partial charge in [-0.05, 0) is 27.4 Å². The zero-order valence-corrected chi connectivity index (χ0v) is 13.4. The summed E-state index contributed by atoms with van der Waals surface area (Å²) in [6, 6.07) is 0. The number of likely N-dealkylation sites (N-methyl/N-ethyl adjacent to an activating group) is 1. The van der Waals surface area contributed by atoms with E-state index < -0.39 is 0 Å². The van der Waals surface area contributed by atoms with Crippen molar-refractivity contribution in [3.05, 3.63) is 11.4 Å². The summed E-state index contributed by atoms with van der Waals surface area (Å²) in [5.41, 5.74) is 3.70. The second kappa shape index (κ2) is 8.01. The van der Waals surface area contributed by atoms with E-state index in [2.05, 4.69) is 48.2 Å². The third-order valence-electron chi connectivity index (χ3n) is 3.23. The number of nitrogens with two attached hydrogens (primary N) is 1. The van der Waals surface area contributed by atoms with Crippen LogP contribution in [-0.4, -0.2) is 48.6 Å². The highest BCUT2D eigenvalue weighted by atomic mass is 15.3. The highest BCUT2D eigenvalue weighted by Gasteiger charge is 2.15. The van der Waals surface area contributed by atoms with E-state index in [0.717, 1.165) is 55.5 Å². The Morgan fingerprint density at radius 1 is 1.10 bits per heavy atom. The third-order valence-corrected chi connectivity index (χ3v) is 3.23. The summed E-state index contributed by atoms with van der Waals surface area (Å²) < 4.78 is 0. The van der Waals surface area contributed by atoms with Gasteiger partial charge < -0.3 is 15.2 Å². The van der Waals surface area contributed by atoms with Crippen LogP contribution >= 0.6 is 0 Å². The van der Waals surface area contributed by atoms with Crippen molar-refractivity contribution < 1.29 is 0 Å². The van der Waals surface area contributed by atoms with Gasteiger partial charge in [-0.3, -0.25) is 0 Å². The summed E-state index contributed by atoms with van der Waals surface area (Å²) in [5, 5.41) is 0. The minimum Gasteiger partial charge on any atom is -0.355 e. The van der Waals surface area contributed by atoms with Gasteiger partial charge in [0.1, 0.15) is 17.5 Å². The molecule has 1 aromatic heterocycles. The van der Waals surface area contributed by atoms with Crippen molar-refractivity contribution in [2.45, 2.75) is 33.6 Å². The Bertz CT molecular complexity index is 418. The lowest BCUT2D eigenvalue weighted by Gasteiger charge is -2.27. The van der Waals surface area contributed by atoms with Crippen molar-refractivity contribution in [3.63, 3.8) is 0 Å². The normalized spacial score (nSPS) is 10.9. The molecule has 0 amide bonds. The minimum atomic E-state index is 0.720. The predicted octanol–water partition coefficient (Wildman–Crippen LogP) is 1.41. The summed E-state index contributed by atoms with van der Waals surface area (Å²) >= 11 is 0. The van der Waals surface area contributed by atoms with Gasteiger partial charge in [0.25, 0.3) is 0 Å². The van der Waals surface area contributed by atoms with Gasteiger partial charge in [-0.25, -0.2) is 15.8 Å². The number of anilines is 2.